The summed E-state index contributed by atoms with van der Waals surface area (Å²) in [6.45, 7) is 5.59. The van der Waals surface area contributed by atoms with Crippen LogP contribution in [0.4, 0.5) is 0 Å². The highest BCUT2D eigenvalue weighted by atomic mass is 16.3. The first kappa shape index (κ1) is 11.7. The zero-order chi connectivity index (χ0) is 10.4. The molecule has 0 saturated carbocycles. The van der Waals surface area contributed by atoms with E-state index in [1.165, 1.54) is 24.8 Å². The topological polar surface area (TPSA) is 32.3 Å². The Labute approximate surface area is 87.4 Å². The van der Waals surface area contributed by atoms with Gasteiger partial charge < -0.3 is 10.4 Å². The Balaban J connectivity index is 2.54. The summed E-state index contributed by atoms with van der Waals surface area (Å²) in [5, 5.41) is 13.5. The van der Waals surface area contributed by atoms with Gasteiger partial charge in [0.05, 0.1) is 5.60 Å². The first-order valence-electron chi connectivity index (χ1n) is 5.79. The van der Waals surface area contributed by atoms with Crippen LogP contribution in [0.2, 0.25) is 0 Å². The van der Waals surface area contributed by atoms with Crippen LogP contribution in [0, 0.1) is 0 Å². The average Bonchev–Trinajstić information content (AvgIpc) is 2.43. The lowest BCUT2D eigenvalue weighted by Crippen LogP contribution is -2.39. The molecule has 1 unspecified atom stereocenters. The van der Waals surface area contributed by atoms with Crippen LogP contribution in [-0.4, -0.2) is 23.8 Å². The number of nitrogens with one attached hydrogen (secondary N) is 1. The van der Waals surface area contributed by atoms with Crippen molar-refractivity contribution in [3.8, 4) is 0 Å². The minimum Gasteiger partial charge on any atom is -0.384 e. The largest absolute Gasteiger partial charge is 0.384 e. The molecule has 0 radical (unpaired) electrons. The quantitative estimate of drug-likeness (QED) is 0.677. The van der Waals surface area contributed by atoms with Crippen LogP contribution in [0.15, 0.2) is 11.6 Å². The fourth-order valence-corrected chi connectivity index (χ4v) is 1.99. The molecule has 0 bridgehead atoms. The van der Waals surface area contributed by atoms with Crippen molar-refractivity contribution in [1.29, 1.82) is 0 Å². The molecule has 0 aromatic carbocycles. The summed E-state index contributed by atoms with van der Waals surface area (Å²) in [5.41, 5.74) is 0.594. The molecular weight excluding hydrogens is 174 g/mol. The van der Waals surface area contributed by atoms with E-state index in [9.17, 15) is 5.11 Å². The van der Waals surface area contributed by atoms with Gasteiger partial charge in [-0.1, -0.05) is 19.4 Å². The number of likely N-dealkylation sites (N-methyl/N-ethyl adjacent to an activating group) is 1. The Morgan fingerprint density at radius 2 is 2.21 bits per heavy atom. The van der Waals surface area contributed by atoms with E-state index in [1.807, 2.05) is 6.92 Å². The van der Waals surface area contributed by atoms with Gasteiger partial charge in [-0.2, -0.15) is 0 Å². The van der Waals surface area contributed by atoms with E-state index >= 15 is 0 Å². The third kappa shape index (κ3) is 3.43. The monoisotopic (exact) mass is 197 g/mol. The standard InChI is InChI=1S/C12H23NO/c1-3-13-10-12(2,14)11-8-6-4-5-7-9-11/h8,13-14H,3-7,9-10H2,1-2H3. The van der Waals surface area contributed by atoms with Crippen molar-refractivity contribution in [3.05, 3.63) is 11.6 Å². The van der Waals surface area contributed by atoms with Crippen molar-refractivity contribution in [2.75, 3.05) is 13.1 Å². The van der Waals surface area contributed by atoms with Crippen molar-refractivity contribution in [2.24, 2.45) is 0 Å². The zero-order valence-electron chi connectivity index (χ0n) is 9.47. The summed E-state index contributed by atoms with van der Waals surface area (Å²) in [6, 6.07) is 0. The zero-order valence-corrected chi connectivity index (χ0v) is 9.47. The maximum Gasteiger partial charge on any atom is 0.0952 e. The van der Waals surface area contributed by atoms with Gasteiger partial charge in [-0.3, -0.25) is 0 Å². The average molecular weight is 197 g/mol. The Hall–Kier alpha value is -0.340. The molecular formula is C12H23NO. The van der Waals surface area contributed by atoms with Gasteiger partial charge in [-0.25, -0.2) is 0 Å². The molecule has 2 heteroatoms. The van der Waals surface area contributed by atoms with Gasteiger partial charge in [0.1, 0.15) is 0 Å². The number of rotatable bonds is 4. The minimum atomic E-state index is -0.639. The maximum atomic E-state index is 10.3. The first-order chi connectivity index (χ1) is 6.67. The maximum absolute atomic E-state index is 10.3. The second kappa shape index (κ2) is 5.52. The Morgan fingerprint density at radius 1 is 1.43 bits per heavy atom. The van der Waals surface area contributed by atoms with Crippen molar-refractivity contribution >= 4 is 0 Å². The van der Waals surface area contributed by atoms with Gasteiger partial charge in [0.25, 0.3) is 0 Å². The molecule has 0 heterocycles. The molecule has 1 aliphatic rings. The summed E-state index contributed by atoms with van der Waals surface area (Å²) in [6.07, 6.45) is 8.26. The molecule has 82 valence electrons. The molecule has 2 N–H and O–H groups in total. The van der Waals surface area contributed by atoms with Crippen LogP contribution in [0.1, 0.15) is 46.0 Å². The summed E-state index contributed by atoms with van der Waals surface area (Å²) < 4.78 is 0. The predicted molar refractivity (Wildman–Crippen MR) is 60.3 cm³/mol. The van der Waals surface area contributed by atoms with Gasteiger partial charge >= 0.3 is 0 Å². The van der Waals surface area contributed by atoms with E-state index in [0.717, 1.165) is 19.4 Å². The summed E-state index contributed by atoms with van der Waals surface area (Å²) >= 11 is 0. The Morgan fingerprint density at radius 3 is 2.93 bits per heavy atom. The summed E-state index contributed by atoms with van der Waals surface area (Å²) in [5.74, 6) is 0. The lowest BCUT2D eigenvalue weighted by atomic mass is 9.92. The van der Waals surface area contributed by atoms with Crippen LogP contribution >= 0.6 is 0 Å². The van der Waals surface area contributed by atoms with E-state index in [2.05, 4.69) is 18.3 Å². The molecule has 0 aliphatic heterocycles. The van der Waals surface area contributed by atoms with Crippen molar-refractivity contribution in [2.45, 2.75) is 51.6 Å². The summed E-state index contributed by atoms with van der Waals surface area (Å²) in [7, 11) is 0. The Bertz CT molecular complexity index is 196. The minimum absolute atomic E-state index is 0.639. The lowest BCUT2D eigenvalue weighted by molar-refractivity contribution is 0.0941. The fourth-order valence-electron chi connectivity index (χ4n) is 1.99. The normalized spacial score (nSPS) is 22.4. The van der Waals surface area contributed by atoms with Crippen LogP contribution in [0.3, 0.4) is 0 Å². The number of allylic oxidation sites excluding steroid dienone is 1. The van der Waals surface area contributed by atoms with Crippen LogP contribution in [0.25, 0.3) is 0 Å². The van der Waals surface area contributed by atoms with Crippen LogP contribution in [-0.2, 0) is 0 Å². The van der Waals surface area contributed by atoms with E-state index in [4.69, 9.17) is 0 Å². The van der Waals surface area contributed by atoms with Gasteiger partial charge in [0, 0.05) is 6.54 Å². The second-order valence-corrected chi connectivity index (χ2v) is 4.38. The third-order valence-electron chi connectivity index (χ3n) is 2.95. The highest BCUT2D eigenvalue weighted by Gasteiger charge is 2.25. The number of hydrogen-bond acceptors (Lipinski definition) is 2. The van der Waals surface area contributed by atoms with E-state index in [-0.39, 0.29) is 0 Å². The van der Waals surface area contributed by atoms with Gasteiger partial charge in [-0.15, -0.1) is 0 Å². The molecule has 0 aromatic heterocycles. The van der Waals surface area contributed by atoms with Gasteiger partial charge in [0.2, 0.25) is 0 Å². The van der Waals surface area contributed by atoms with Crippen molar-refractivity contribution < 1.29 is 5.11 Å². The number of aliphatic hydroxyl groups is 1. The number of hydrogen-bond donors (Lipinski definition) is 2. The first-order valence-corrected chi connectivity index (χ1v) is 5.79. The fraction of sp³-hybridized carbons (Fsp3) is 0.833. The van der Waals surface area contributed by atoms with Crippen LogP contribution in [0.5, 0.6) is 0 Å². The highest BCUT2D eigenvalue weighted by Crippen LogP contribution is 2.26. The molecule has 1 aliphatic carbocycles. The molecule has 0 spiro atoms. The second-order valence-electron chi connectivity index (χ2n) is 4.38. The molecule has 14 heavy (non-hydrogen) atoms. The van der Waals surface area contributed by atoms with Crippen molar-refractivity contribution in [1.82, 2.24) is 5.32 Å². The highest BCUT2D eigenvalue weighted by molar-refractivity contribution is 5.17. The Kier molecular flexibility index (Phi) is 4.63. The SMILES string of the molecule is CCNCC(C)(O)C1=CCCCCC1. The lowest BCUT2D eigenvalue weighted by Gasteiger charge is -2.26. The third-order valence-corrected chi connectivity index (χ3v) is 2.95. The predicted octanol–water partition coefficient (Wildman–Crippen LogP) is 2.24. The van der Waals surface area contributed by atoms with Crippen molar-refractivity contribution in [3.63, 3.8) is 0 Å². The van der Waals surface area contributed by atoms with Crippen LogP contribution < -0.4 is 5.32 Å². The smallest absolute Gasteiger partial charge is 0.0952 e. The molecule has 0 aromatic rings. The molecule has 1 rings (SSSR count). The van der Waals surface area contributed by atoms with Gasteiger partial charge in [0.15, 0.2) is 0 Å². The molecule has 0 fully saturated rings. The van der Waals surface area contributed by atoms with E-state index in [0.29, 0.717) is 6.54 Å². The summed E-state index contributed by atoms with van der Waals surface area (Å²) in [4.78, 5) is 0. The molecule has 0 saturated heterocycles. The van der Waals surface area contributed by atoms with E-state index in [1.54, 1.807) is 0 Å². The molecule has 0 amide bonds. The van der Waals surface area contributed by atoms with E-state index < -0.39 is 5.60 Å². The van der Waals surface area contributed by atoms with Gasteiger partial charge in [-0.05, 0) is 44.7 Å². The molecule has 2 nitrogen and oxygen atoms in total. The molecule has 1 atom stereocenters.